The van der Waals surface area contributed by atoms with Gasteiger partial charge in [0.2, 0.25) is 5.95 Å². The van der Waals surface area contributed by atoms with Crippen molar-refractivity contribution in [2.75, 3.05) is 0 Å². The average Bonchev–Trinajstić information content (AvgIpc) is 3.42. The minimum Gasteiger partial charge on any atom is -0.278 e. The van der Waals surface area contributed by atoms with E-state index in [1.165, 1.54) is 33.4 Å². The summed E-state index contributed by atoms with van der Waals surface area (Å²) >= 11 is 0. The molecular weight excluding hydrogens is 548 g/mol. The van der Waals surface area contributed by atoms with Crippen LogP contribution in [0.5, 0.6) is 0 Å². The second-order valence-electron chi connectivity index (χ2n) is 11.4. The first kappa shape index (κ1) is 26.7. The smallest absolute Gasteiger partial charge is 0.238 e. The molecule has 0 saturated carbocycles. The summed E-state index contributed by atoms with van der Waals surface area (Å²) < 4.78 is 2.19. The van der Waals surface area contributed by atoms with Crippen molar-refractivity contribution in [1.82, 2.24) is 19.5 Å². The van der Waals surface area contributed by atoms with Crippen LogP contribution < -0.4 is 0 Å². The van der Waals surface area contributed by atoms with Gasteiger partial charge in [0.1, 0.15) is 0 Å². The SMILES string of the molecule is Cc1ccccc1-c1ccc2c(c1)c1cc(-c3ccccc3C)ccc1n2-c1nc(-c2ccccc2)nc(-c2ccccc2)n1. The molecule has 0 bridgehead atoms. The Labute approximate surface area is 262 Å². The summed E-state index contributed by atoms with van der Waals surface area (Å²) in [6, 6.07) is 50.8. The Morgan fingerprint density at radius 1 is 0.400 bits per heavy atom. The third kappa shape index (κ3) is 4.77. The minimum atomic E-state index is 0.593. The van der Waals surface area contributed by atoms with Crippen LogP contribution in [0.1, 0.15) is 11.1 Å². The van der Waals surface area contributed by atoms with Crippen molar-refractivity contribution in [2.45, 2.75) is 13.8 Å². The normalized spacial score (nSPS) is 11.3. The van der Waals surface area contributed by atoms with Crippen molar-refractivity contribution in [3.63, 3.8) is 0 Å². The molecule has 0 N–H and O–H groups in total. The molecule has 0 aliphatic rings. The summed E-state index contributed by atoms with van der Waals surface area (Å²) in [5.74, 6) is 1.88. The van der Waals surface area contributed by atoms with Crippen LogP contribution >= 0.6 is 0 Å². The number of benzene rings is 6. The van der Waals surface area contributed by atoms with E-state index in [0.29, 0.717) is 17.6 Å². The summed E-state index contributed by atoms with van der Waals surface area (Å²) in [7, 11) is 0. The van der Waals surface area contributed by atoms with Gasteiger partial charge in [0, 0.05) is 21.9 Å². The van der Waals surface area contributed by atoms with Gasteiger partial charge >= 0.3 is 0 Å². The highest BCUT2D eigenvalue weighted by molar-refractivity contribution is 6.11. The molecule has 2 aromatic heterocycles. The molecule has 4 heteroatoms. The lowest BCUT2D eigenvalue weighted by molar-refractivity contribution is 0.953. The van der Waals surface area contributed by atoms with E-state index in [1.807, 2.05) is 60.7 Å². The Kier molecular flexibility index (Phi) is 6.54. The Bertz CT molecular complexity index is 2180. The molecule has 0 fully saturated rings. The van der Waals surface area contributed by atoms with E-state index < -0.39 is 0 Å². The lowest BCUT2D eigenvalue weighted by Crippen LogP contribution is -2.06. The van der Waals surface area contributed by atoms with E-state index in [0.717, 1.165) is 32.9 Å². The summed E-state index contributed by atoms with van der Waals surface area (Å²) in [5, 5.41) is 2.31. The van der Waals surface area contributed by atoms with Crippen LogP contribution in [0.25, 0.3) is 72.8 Å². The maximum absolute atomic E-state index is 5.10. The van der Waals surface area contributed by atoms with Gasteiger partial charge in [-0.05, 0) is 71.5 Å². The fourth-order valence-corrected chi connectivity index (χ4v) is 6.26. The van der Waals surface area contributed by atoms with Crippen LogP contribution in [0.3, 0.4) is 0 Å². The number of fused-ring (bicyclic) bond motifs is 3. The Balaban J connectivity index is 1.43. The first-order valence-electron chi connectivity index (χ1n) is 15.2. The molecule has 6 aromatic carbocycles. The highest BCUT2D eigenvalue weighted by Crippen LogP contribution is 2.38. The topological polar surface area (TPSA) is 43.6 Å². The van der Waals surface area contributed by atoms with E-state index in [2.05, 4.69) is 103 Å². The summed E-state index contributed by atoms with van der Waals surface area (Å²) in [4.78, 5) is 15.1. The van der Waals surface area contributed by atoms with E-state index in [1.54, 1.807) is 0 Å². The van der Waals surface area contributed by atoms with Gasteiger partial charge in [-0.3, -0.25) is 4.57 Å². The molecule has 8 aromatic rings. The predicted octanol–water partition coefficient (Wildman–Crippen LogP) is 10.3. The van der Waals surface area contributed by atoms with Crippen LogP contribution in [-0.2, 0) is 0 Å². The molecule has 0 atom stereocenters. The molecule has 0 radical (unpaired) electrons. The van der Waals surface area contributed by atoms with Crippen LogP contribution in [0.2, 0.25) is 0 Å². The Morgan fingerprint density at radius 2 is 0.822 bits per heavy atom. The summed E-state index contributed by atoms with van der Waals surface area (Å²) in [5.41, 5.74) is 11.3. The molecular formula is C41H30N4. The lowest BCUT2D eigenvalue weighted by atomic mass is 9.97. The second kappa shape index (κ2) is 11.0. The van der Waals surface area contributed by atoms with Crippen LogP contribution in [0.15, 0.2) is 146 Å². The summed E-state index contributed by atoms with van der Waals surface area (Å²) in [6.45, 7) is 4.33. The molecule has 2 heterocycles. The van der Waals surface area contributed by atoms with Crippen molar-refractivity contribution < 1.29 is 0 Å². The van der Waals surface area contributed by atoms with Crippen LogP contribution in [0, 0.1) is 13.8 Å². The van der Waals surface area contributed by atoms with Crippen molar-refractivity contribution in [2.24, 2.45) is 0 Å². The van der Waals surface area contributed by atoms with Crippen LogP contribution in [0.4, 0.5) is 0 Å². The molecule has 0 saturated heterocycles. The zero-order valence-corrected chi connectivity index (χ0v) is 25.1. The van der Waals surface area contributed by atoms with Gasteiger partial charge in [-0.15, -0.1) is 0 Å². The van der Waals surface area contributed by atoms with E-state index in [4.69, 9.17) is 15.0 Å². The molecule has 214 valence electrons. The predicted molar refractivity (Wildman–Crippen MR) is 185 cm³/mol. The molecule has 45 heavy (non-hydrogen) atoms. The summed E-state index contributed by atoms with van der Waals surface area (Å²) in [6.07, 6.45) is 0. The third-order valence-electron chi connectivity index (χ3n) is 8.56. The molecule has 0 spiro atoms. The molecule has 0 unspecified atom stereocenters. The number of rotatable bonds is 5. The van der Waals surface area contributed by atoms with E-state index in [9.17, 15) is 0 Å². The van der Waals surface area contributed by atoms with Crippen molar-refractivity contribution in [1.29, 1.82) is 0 Å². The fourth-order valence-electron chi connectivity index (χ4n) is 6.26. The fraction of sp³-hybridized carbons (Fsp3) is 0.0488. The Hall–Kier alpha value is -5.87. The number of hydrogen-bond acceptors (Lipinski definition) is 3. The maximum Gasteiger partial charge on any atom is 0.238 e. The number of nitrogens with zero attached hydrogens (tertiary/aromatic N) is 4. The highest BCUT2D eigenvalue weighted by Gasteiger charge is 2.19. The minimum absolute atomic E-state index is 0.593. The van der Waals surface area contributed by atoms with Gasteiger partial charge in [-0.1, -0.05) is 121 Å². The number of hydrogen-bond donors (Lipinski definition) is 0. The zero-order chi connectivity index (χ0) is 30.3. The van der Waals surface area contributed by atoms with Crippen molar-refractivity contribution >= 4 is 21.8 Å². The van der Waals surface area contributed by atoms with Gasteiger partial charge in [-0.2, -0.15) is 9.97 Å². The number of aromatic nitrogens is 4. The zero-order valence-electron chi connectivity index (χ0n) is 25.1. The monoisotopic (exact) mass is 578 g/mol. The average molecular weight is 579 g/mol. The van der Waals surface area contributed by atoms with Gasteiger partial charge < -0.3 is 0 Å². The maximum atomic E-state index is 5.10. The first-order chi connectivity index (χ1) is 22.1. The van der Waals surface area contributed by atoms with Gasteiger partial charge in [0.05, 0.1) is 11.0 Å². The van der Waals surface area contributed by atoms with Gasteiger partial charge in [-0.25, -0.2) is 4.98 Å². The van der Waals surface area contributed by atoms with Gasteiger partial charge in [0.15, 0.2) is 11.6 Å². The molecule has 0 aliphatic carbocycles. The Morgan fingerprint density at radius 3 is 1.27 bits per heavy atom. The highest BCUT2D eigenvalue weighted by atomic mass is 15.2. The van der Waals surface area contributed by atoms with E-state index >= 15 is 0 Å². The standard InChI is InChI=1S/C41H30N4/c1-27-13-9-11-19-33(27)31-21-23-37-35(25-31)36-26-32(34-20-12-10-14-28(34)2)22-24-38(36)45(37)41-43-39(29-15-5-3-6-16-29)42-40(44-41)30-17-7-4-8-18-30/h3-26H,1-2H3. The molecule has 0 amide bonds. The quantitative estimate of drug-likeness (QED) is 0.204. The van der Waals surface area contributed by atoms with Crippen molar-refractivity contribution in [3.05, 3.63) is 157 Å². The van der Waals surface area contributed by atoms with Crippen LogP contribution in [-0.4, -0.2) is 19.5 Å². The third-order valence-corrected chi connectivity index (χ3v) is 8.56. The first-order valence-corrected chi connectivity index (χ1v) is 15.2. The largest absolute Gasteiger partial charge is 0.278 e. The van der Waals surface area contributed by atoms with E-state index in [-0.39, 0.29) is 0 Å². The molecule has 8 rings (SSSR count). The number of aryl methyl sites for hydroxylation is 2. The van der Waals surface area contributed by atoms with Crippen molar-refractivity contribution in [3.8, 4) is 51.0 Å². The molecule has 0 aliphatic heterocycles. The lowest BCUT2D eigenvalue weighted by Gasteiger charge is -2.11. The molecule has 4 nitrogen and oxygen atoms in total. The second-order valence-corrected chi connectivity index (χ2v) is 11.4. The van der Waals surface area contributed by atoms with Gasteiger partial charge in [0.25, 0.3) is 0 Å².